The van der Waals surface area contributed by atoms with Gasteiger partial charge in [0.05, 0.1) is 25.1 Å². The topological polar surface area (TPSA) is 91.5 Å². The lowest BCUT2D eigenvalue weighted by molar-refractivity contribution is -0.139. The Kier molecular flexibility index (Phi) is 4.29. The van der Waals surface area contributed by atoms with E-state index in [1.807, 2.05) is 6.07 Å². The predicted octanol–water partition coefficient (Wildman–Crippen LogP) is 1.11. The molecule has 3 heterocycles. The number of aromatic nitrogens is 1. The van der Waals surface area contributed by atoms with Gasteiger partial charge in [-0.25, -0.2) is 13.1 Å². The summed E-state index contributed by atoms with van der Waals surface area (Å²) in [6, 6.07) is 8.29. The van der Waals surface area contributed by atoms with Gasteiger partial charge < -0.3 is 14.6 Å². The Balaban J connectivity index is 1.52. The zero-order chi connectivity index (χ0) is 18.4. The lowest BCUT2D eigenvalue weighted by atomic mass is 9.83. The molecule has 0 saturated carbocycles. The summed E-state index contributed by atoms with van der Waals surface area (Å²) >= 11 is 0. The fourth-order valence-electron chi connectivity index (χ4n) is 4.09. The molecule has 2 aliphatic heterocycles. The molecule has 2 aromatic rings. The maximum absolute atomic E-state index is 12.3. The highest BCUT2D eigenvalue weighted by Crippen LogP contribution is 2.43. The number of nitrogens with one attached hydrogen (secondary N) is 2. The van der Waals surface area contributed by atoms with Crippen molar-refractivity contribution >= 4 is 26.8 Å². The summed E-state index contributed by atoms with van der Waals surface area (Å²) in [5, 5.41) is 1.25. The molecule has 0 unspecified atom stereocenters. The molecule has 1 fully saturated rings. The minimum absolute atomic E-state index is 0.190. The monoisotopic (exact) mass is 377 g/mol. The Morgan fingerprint density at radius 2 is 2.04 bits per heavy atom. The molecule has 2 N–H and O–H groups in total. The van der Waals surface area contributed by atoms with Gasteiger partial charge in [0, 0.05) is 24.0 Å². The van der Waals surface area contributed by atoms with Crippen molar-refractivity contribution in [2.24, 2.45) is 0 Å². The van der Waals surface area contributed by atoms with Crippen LogP contribution in [0.2, 0.25) is 0 Å². The van der Waals surface area contributed by atoms with Crippen LogP contribution in [0.1, 0.15) is 24.1 Å². The summed E-state index contributed by atoms with van der Waals surface area (Å²) < 4.78 is 30.8. The highest BCUT2D eigenvalue weighted by Gasteiger charge is 2.43. The fraction of sp³-hybridized carbons (Fsp3) is 0.500. The second-order valence-electron chi connectivity index (χ2n) is 7.09. The Morgan fingerprint density at radius 3 is 2.77 bits per heavy atom. The number of carbonyl (C=O) groups is 1. The number of piperidine rings is 1. The van der Waals surface area contributed by atoms with Gasteiger partial charge in [-0.15, -0.1) is 0 Å². The summed E-state index contributed by atoms with van der Waals surface area (Å²) in [5.41, 5.74) is 3.21. The molecule has 4 rings (SSSR count). The van der Waals surface area contributed by atoms with Gasteiger partial charge in [-0.05, 0) is 30.9 Å². The normalized spacial score (nSPS) is 19.7. The molecule has 140 valence electrons. The van der Waals surface area contributed by atoms with E-state index in [0.29, 0.717) is 32.5 Å². The third kappa shape index (κ3) is 3.13. The Morgan fingerprint density at radius 1 is 1.31 bits per heavy atom. The maximum atomic E-state index is 12.3. The van der Waals surface area contributed by atoms with Gasteiger partial charge in [-0.1, -0.05) is 18.2 Å². The zero-order valence-corrected chi connectivity index (χ0v) is 15.6. The second kappa shape index (κ2) is 6.37. The first-order chi connectivity index (χ1) is 12.4. The van der Waals surface area contributed by atoms with Crippen molar-refractivity contribution in [1.82, 2.24) is 14.6 Å². The number of hydrogen-bond acceptors (Lipinski definition) is 4. The Labute approximate surface area is 152 Å². The molecular weight excluding hydrogens is 354 g/mol. The number of nitrogens with zero attached hydrogens (tertiary/aromatic N) is 1. The molecule has 1 saturated heterocycles. The van der Waals surface area contributed by atoms with Crippen LogP contribution in [0.4, 0.5) is 0 Å². The molecule has 7 nitrogen and oxygen atoms in total. The van der Waals surface area contributed by atoms with Crippen molar-refractivity contribution in [1.29, 1.82) is 0 Å². The van der Waals surface area contributed by atoms with Gasteiger partial charge in [-0.2, -0.15) is 0 Å². The number of fused-ring (bicyclic) bond motifs is 4. The van der Waals surface area contributed by atoms with E-state index in [9.17, 15) is 13.2 Å². The van der Waals surface area contributed by atoms with Gasteiger partial charge in [-0.3, -0.25) is 4.79 Å². The highest BCUT2D eigenvalue weighted by molar-refractivity contribution is 7.88. The molecule has 0 aliphatic carbocycles. The first kappa shape index (κ1) is 17.5. The van der Waals surface area contributed by atoms with Crippen molar-refractivity contribution in [2.75, 3.05) is 32.5 Å². The van der Waals surface area contributed by atoms with Gasteiger partial charge in [0.2, 0.25) is 15.9 Å². The van der Waals surface area contributed by atoms with Crippen LogP contribution in [0.3, 0.4) is 0 Å². The van der Waals surface area contributed by atoms with Crippen LogP contribution in [-0.4, -0.2) is 56.7 Å². The fourth-order valence-corrected chi connectivity index (χ4v) is 4.47. The maximum Gasteiger partial charge on any atom is 0.237 e. The van der Waals surface area contributed by atoms with E-state index in [1.165, 1.54) is 10.9 Å². The van der Waals surface area contributed by atoms with Crippen molar-refractivity contribution in [3.8, 4) is 0 Å². The number of H-pyrrole nitrogens is 1. The predicted molar refractivity (Wildman–Crippen MR) is 98.3 cm³/mol. The number of carbonyl (C=O) groups excluding carboxylic acids is 1. The van der Waals surface area contributed by atoms with Gasteiger partial charge in [0.1, 0.15) is 5.60 Å². The van der Waals surface area contributed by atoms with Crippen LogP contribution in [0.15, 0.2) is 24.3 Å². The quantitative estimate of drug-likeness (QED) is 0.838. The molecule has 1 amide bonds. The zero-order valence-electron chi connectivity index (χ0n) is 14.7. The minimum Gasteiger partial charge on any atom is -0.368 e. The molecule has 0 atom stereocenters. The smallest absolute Gasteiger partial charge is 0.237 e. The second-order valence-corrected chi connectivity index (χ2v) is 8.92. The molecule has 1 aromatic heterocycles. The summed E-state index contributed by atoms with van der Waals surface area (Å²) in [6.07, 6.45) is 3.36. The third-order valence-corrected chi connectivity index (χ3v) is 6.08. The van der Waals surface area contributed by atoms with Crippen LogP contribution in [0.25, 0.3) is 10.9 Å². The number of aromatic amines is 1. The largest absolute Gasteiger partial charge is 0.368 e. The average molecular weight is 377 g/mol. The lowest BCUT2D eigenvalue weighted by Gasteiger charge is -2.43. The van der Waals surface area contributed by atoms with Gasteiger partial charge in [0.25, 0.3) is 0 Å². The summed E-state index contributed by atoms with van der Waals surface area (Å²) in [4.78, 5) is 17.5. The Bertz CT molecular complexity index is 942. The van der Waals surface area contributed by atoms with Crippen LogP contribution >= 0.6 is 0 Å². The standard InChI is InChI=1S/C18H23N3O4S/c1-26(23,24)19-12-16(22)21-9-7-18(8-10-21)17-14(6-11-25-18)13-4-2-3-5-15(13)20-17/h2-5,19-20H,6-12H2,1H3. The molecule has 2 aliphatic rings. The van der Waals surface area contributed by atoms with Crippen LogP contribution in [0, 0.1) is 0 Å². The summed E-state index contributed by atoms with van der Waals surface area (Å²) in [5.74, 6) is -0.196. The number of benzene rings is 1. The number of amides is 1. The van der Waals surface area contributed by atoms with Crippen molar-refractivity contribution in [3.05, 3.63) is 35.5 Å². The number of sulfonamides is 1. The molecule has 0 radical (unpaired) electrons. The van der Waals surface area contributed by atoms with Crippen molar-refractivity contribution < 1.29 is 17.9 Å². The highest BCUT2D eigenvalue weighted by atomic mass is 32.2. The number of ether oxygens (including phenoxy) is 1. The van der Waals surface area contributed by atoms with Gasteiger partial charge in [0.15, 0.2) is 0 Å². The number of hydrogen-bond donors (Lipinski definition) is 2. The van der Waals surface area contributed by atoms with Crippen LogP contribution in [0.5, 0.6) is 0 Å². The van der Waals surface area contributed by atoms with Crippen LogP contribution < -0.4 is 4.72 Å². The Hall–Kier alpha value is -1.90. The average Bonchev–Trinajstić information content (AvgIpc) is 3.00. The van der Waals surface area contributed by atoms with E-state index >= 15 is 0 Å². The van der Waals surface area contributed by atoms with Crippen molar-refractivity contribution in [3.63, 3.8) is 0 Å². The number of rotatable bonds is 3. The lowest BCUT2D eigenvalue weighted by Crippen LogP contribution is -2.50. The van der Waals surface area contributed by atoms with E-state index in [-0.39, 0.29) is 18.1 Å². The van der Waals surface area contributed by atoms with E-state index in [1.54, 1.807) is 4.90 Å². The van der Waals surface area contributed by atoms with E-state index in [4.69, 9.17) is 4.74 Å². The molecule has 0 bridgehead atoms. The van der Waals surface area contributed by atoms with Crippen LogP contribution in [-0.2, 0) is 31.6 Å². The summed E-state index contributed by atoms with van der Waals surface area (Å²) in [7, 11) is -3.37. The number of likely N-dealkylation sites (tertiary alicyclic amines) is 1. The molecule has 1 aromatic carbocycles. The molecular formula is C18H23N3O4S. The van der Waals surface area contributed by atoms with E-state index in [0.717, 1.165) is 23.9 Å². The van der Waals surface area contributed by atoms with E-state index in [2.05, 4.69) is 27.9 Å². The molecule has 26 heavy (non-hydrogen) atoms. The first-order valence-electron chi connectivity index (χ1n) is 8.84. The first-order valence-corrected chi connectivity index (χ1v) is 10.7. The van der Waals surface area contributed by atoms with Gasteiger partial charge >= 0.3 is 0 Å². The SMILES string of the molecule is CS(=O)(=O)NCC(=O)N1CCC2(CC1)OCCc1c2[nH]c2ccccc12. The molecule has 1 spiro atoms. The summed E-state index contributed by atoms with van der Waals surface area (Å²) in [6.45, 7) is 1.60. The third-order valence-electron chi connectivity index (χ3n) is 5.41. The molecule has 8 heteroatoms. The van der Waals surface area contributed by atoms with E-state index < -0.39 is 10.0 Å². The number of para-hydroxylation sites is 1. The van der Waals surface area contributed by atoms with Crippen molar-refractivity contribution in [2.45, 2.75) is 24.9 Å². The minimum atomic E-state index is -3.37.